The van der Waals surface area contributed by atoms with Crippen LogP contribution in [0.1, 0.15) is 6.42 Å². The topological polar surface area (TPSA) is 61.4 Å². The molecule has 1 atom stereocenters. The van der Waals surface area contributed by atoms with E-state index in [1.165, 1.54) is 4.90 Å². The summed E-state index contributed by atoms with van der Waals surface area (Å²) in [6, 6.07) is 6.11. The number of amides is 2. The first-order chi connectivity index (χ1) is 10.0. The highest BCUT2D eigenvalue weighted by Crippen LogP contribution is 2.15. The van der Waals surface area contributed by atoms with Gasteiger partial charge >= 0.3 is 0 Å². The fraction of sp³-hybridized carbons (Fsp3) is 0.214. The van der Waals surface area contributed by atoms with E-state index in [2.05, 4.69) is 17.2 Å². The van der Waals surface area contributed by atoms with Gasteiger partial charge in [-0.2, -0.15) is 0 Å². The summed E-state index contributed by atoms with van der Waals surface area (Å²) in [7, 11) is 0. The number of nitrogens with one attached hydrogen (secondary N) is 2. The van der Waals surface area contributed by atoms with Crippen molar-refractivity contribution < 1.29 is 9.59 Å². The molecule has 1 unspecified atom stereocenters. The highest BCUT2D eigenvalue weighted by atomic mass is 35.5. The smallest absolute Gasteiger partial charge is 0.252 e. The summed E-state index contributed by atoms with van der Waals surface area (Å²) in [4.78, 5) is 25.4. The monoisotopic (exact) mass is 323 g/mol. The number of halogens is 1. The van der Waals surface area contributed by atoms with Crippen LogP contribution in [0.3, 0.4) is 0 Å². The molecule has 0 aliphatic carbocycles. The van der Waals surface area contributed by atoms with Crippen molar-refractivity contribution in [3.8, 4) is 0 Å². The first-order valence-electron chi connectivity index (χ1n) is 6.29. The quantitative estimate of drug-likeness (QED) is 0.642. The van der Waals surface area contributed by atoms with Crippen molar-refractivity contribution in [1.29, 1.82) is 0 Å². The molecular weight excluding hydrogens is 310 g/mol. The molecule has 1 heterocycles. The van der Waals surface area contributed by atoms with Gasteiger partial charge in [0.05, 0.1) is 6.42 Å². The Morgan fingerprint density at radius 1 is 1.48 bits per heavy atom. The molecule has 1 aromatic rings. The zero-order valence-corrected chi connectivity index (χ0v) is 12.7. The first kappa shape index (κ1) is 15.5. The van der Waals surface area contributed by atoms with E-state index in [-0.39, 0.29) is 18.2 Å². The van der Waals surface area contributed by atoms with E-state index in [1.807, 2.05) is 0 Å². The lowest BCUT2D eigenvalue weighted by molar-refractivity contribution is -0.129. The zero-order chi connectivity index (χ0) is 15.4. The predicted molar refractivity (Wildman–Crippen MR) is 86.1 cm³/mol. The van der Waals surface area contributed by atoms with Crippen LogP contribution in [0.2, 0.25) is 5.02 Å². The lowest BCUT2D eigenvalue weighted by atomic mass is 10.2. The molecule has 0 aromatic heterocycles. The minimum Gasteiger partial charge on any atom is -0.350 e. The number of carbonyl (C=O) groups excluding carboxylic acids is 2. The molecule has 2 N–H and O–H groups in total. The number of hydrogen-bond donors (Lipinski definition) is 2. The number of rotatable bonds is 5. The van der Waals surface area contributed by atoms with Gasteiger partial charge in [0.2, 0.25) is 5.91 Å². The summed E-state index contributed by atoms with van der Waals surface area (Å²) in [6.45, 7) is 3.90. The molecular formula is C14H14ClN3O2S. The Hall–Kier alpha value is -1.92. The number of nitrogens with zero attached hydrogens (tertiary/aromatic N) is 1. The summed E-state index contributed by atoms with van der Waals surface area (Å²) in [5.41, 5.74) is 0.625. The van der Waals surface area contributed by atoms with Crippen LogP contribution < -0.4 is 10.6 Å². The van der Waals surface area contributed by atoms with Gasteiger partial charge in [-0.25, -0.2) is 0 Å². The SMILES string of the molecule is C=CCN1C(=O)C(CC(=O)Nc2ccc(Cl)cc2)NC1=S. The molecule has 1 aliphatic heterocycles. The van der Waals surface area contributed by atoms with E-state index >= 15 is 0 Å². The maximum atomic E-state index is 12.1. The second-order valence-corrected chi connectivity index (χ2v) is 5.32. The molecule has 7 heteroatoms. The highest BCUT2D eigenvalue weighted by molar-refractivity contribution is 7.80. The molecule has 0 spiro atoms. The Labute approximate surface area is 133 Å². The molecule has 2 rings (SSSR count). The summed E-state index contributed by atoms with van der Waals surface area (Å²) < 4.78 is 0. The molecule has 21 heavy (non-hydrogen) atoms. The van der Waals surface area contributed by atoms with Crippen LogP contribution in [0.25, 0.3) is 0 Å². The third kappa shape index (κ3) is 3.80. The van der Waals surface area contributed by atoms with E-state index in [0.717, 1.165) is 0 Å². The van der Waals surface area contributed by atoms with Crippen molar-refractivity contribution in [2.24, 2.45) is 0 Å². The van der Waals surface area contributed by atoms with E-state index in [4.69, 9.17) is 23.8 Å². The minimum atomic E-state index is -0.634. The molecule has 1 aliphatic rings. The van der Waals surface area contributed by atoms with Crippen LogP contribution >= 0.6 is 23.8 Å². The van der Waals surface area contributed by atoms with Crippen molar-refractivity contribution in [2.75, 3.05) is 11.9 Å². The molecule has 1 saturated heterocycles. The Morgan fingerprint density at radius 2 is 2.14 bits per heavy atom. The van der Waals surface area contributed by atoms with Crippen molar-refractivity contribution in [2.45, 2.75) is 12.5 Å². The molecule has 5 nitrogen and oxygen atoms in total. The van der Waals surface area contributed by atoms with Gasteiger partial charge in [0.25, 0.3) is 5.91 Å². The largest absolute Gasteiger partial charge is 0.350 e. The number of benzene rings is 1. The maximum absolute atomic E-state index is 12.1. The van der Waals surface area contributed by atoms with Crippen LogP contribution in [0.5, 0.6) is 0 Å². The van der Waals surface area contributed by atoms with Gasteiger partial charge in [0.15, 0.2) is 5.11 Å². The van der Waals surface area contributed by atoms with Gasteiger partial charge < -0.3 is 10.6 Å². The number of carbonyl (C=O) groups is 2. The van der Waals surface area contributed by atoms with Crippen LogP contribution in [0.15, 0.2) is 36.9 Å². The van der Waals surface area contributed by atoms with Crippen molar-refractivity contribution in [1.82, 2.24) is 10.2 Å². The zero-order valence-electron chi connectivity index (χ0n) is 11.1. The van der Waals surface area contributed by atoms with E-state index in [0.29, 0.717) is 22.4 Å². The van der Waals surface area contributed by atoms with Gasteiger partial charge in [0, 0.05) is 17.3 Å². The van der Waals surface area contributed by atoms with Gasteiger partial charge in [-0.15, -0.1) is 6.58 Å². The Balaban J connectivity index is 1.94. The average molecular weight is 324 g/mol. The van der Waals surface area contributed by atoms with E-state index in [9.17, 15) is 9.59 Å². The van der Waals surface area contributed by atoms with E-state index < -0.39 is 6.04 Å². The summed E-state index contributed by atoms with van der Waals surface area (Å²) in [5, 5.41) is 6.46. The standard InChI is InChI=1S/C14H14ClN3O2S/c1-2-7-18-13(20)11(17-14(18)21)8-12(19)16-10-5-3-9(15)4-6-10/h2-6,11H,1,7-8H2,(H,16,19)(H,17,21). The molecule has 2 amide bonds. The van der Waals surface area contributed by atoms with Crippen LogP contribution in [-0.4, -0.2) is 34.4 Å². The molecule has 0 bridgehead atoms. The lowest BCUT2D eigenvalue weighted by Crippen LogP contribution is -2.34. The highest BCUT2D eigenvalue weighted by Gasteiger charge is 2.35. The summed E-state index contributed by atoms with van der Waals surface area (Å²) in [5.74, 6) is -0.488. The fourth-order valence-electron chi connectivity index (χ4n) is 1.95. The Morgan fingerprint density at radius 3 is 2.76 bits per heavy atom. The van der Waals surface area contributed by atoms with Gasteiger partial charge in [-0.1, -0.05) is 17.7 Å². The number of anilines is 1. The normalized spacial score (nSPS) is 17.6. The van der Waals surface area contributed by atoms with Crippen LogP contribution in [0, 0.1) is 0 Å². The Kier molecular flexibility index (Phi) is 4.93. The first-order valence-corrected chi connectivity index (χ1v) is 7.08. The van der Waals surface area contributed by atoms with E-state index in [1.54, 1.807) is 30.3 Å². The third-order valence-electron chi connectivity index (χ3n) is 2.94. The molecule has 0 saturated carbocycles. The summed E-state index contributed by atoms with van der Waals surface area (Å²) in [6.07, 6.45) is 1.59. The van der Waals surface area contributed by atoms with Gasteiger partial charge in [-0.3, -0.25) is 14.5 Å². The van der Waals surface area contributed by atoms with Crippen molar-refractivity contribution >= 4 is 46.4 Å². The average Bonchev–Trinajstić information content (AvgIpc) is 2.69. The number of thiocarbonyl (C=S) groups is 1. The van der Waals surface area contributed by atoms with Crippen molar-refractivity contribution in [3.63, 3.8) is 0 Å². The molecule has 0 radical (unpaired) electrons. The van der Waals surface area contributed by atoms with Crippen molar-refractivity contribution in [3.05, 3.63) is 41.9 Å². The van der Waals surface area contributed by atoms with Crippen LogP contribution in [0.4, 0.5) is 5.69 Å². The molecule has 110 valence electrons. The minimum absolute atomic E-state index is 0.00917. The molecule has 1 fully saturated rings. The second kappa shape index (κ2) is 6.69. The van der Waals surface area contributed by atoms with Gasteiger partial charge in [-0.05, 0) is 36.5 Å². The summed E-state index contributed by atoms with van der Waals surface area (Å²) >= 11 is 10.8. The van der Waals surface area contributed by atoms with Gasteiger partial charge in [0.1, 0.15) is 6.04 Å². The Bertz CT molecular complexity index is 588. The maximum Gasteiger partial charge on any atom is 0.252 e. The lowest BCUT2D eigenvalue weighted by Gasteiger charge is -2.11. The fourth-order valence-corrected chi connectivity index (χ4v) is 2.38. The number of hydrogen-bond acceptors (Lipinski definition) is 3. The molecule has 1 aromatic carbocycles. The third-order valence-corrected chi connectivity index (χ3v) is 3.53. The van der Waals surface area contributed by atoms with Crippen LogP contribution in [-0.2, 0) is 9.59 Å². The second-order valence-electron chi connectivity index (χ2n) is 4.50. The predicted octanol–water partition coefficient (Wildman–Crippen LogP) is 1.94.